The Morgan fingerprint density at radius 3 is 2.91 bits per heavy atom. The lowest BCUT2D eigenvalue weighted by Crippen LogP contribution is -2.12. The number of nitrogens with zero attached hydrogens (tertiary/aromatic N) is 4. The number of carbonyl (C=O) groups is 1. The summed E-state index contributed by atoms with van der Waals surface area (Å²) >= 11 is 5.99. The molecule has 2 heterocycles. The van der Waals surface area contributed by atoms with E-state index < -0.39 is 5.82 Å². The number of benzene rings is 1. The van der Waals surface area contributed by atoms with Gasteiger partial charge in [-0.15, -0.1) is 0 Å². The number of halogens is 2. The third-order valence-corrected chi connectivity index (χ3v) is 3.57. The number of carbonyl (C=O) groups excluding carboxylic acids is 1. The van der Waals surface area contributed by atoms with Gasteiger partial charge in [-0.1, -0.05) is 17.7 Å². The van der Waals surface area contributed by atoms with Crippen LogP contribution in [0, 0.1) is 5.82 Å². The number of rotatable bonds is 4. The van der Waals surface area contributed by atoms with Crippen molar-refractivity contribution in [2.75, 3.05) is 5.32 Å². The van der Waals surface area contributed by atoms with Gasteiger partial charge in [0.25, 0.3) is 5.91 Å². The summed E-state index contributed by atoms with van der Waals surface area (Å²) < 4.78 is 16.8. The molecule has 118 valence electrons. The fraction of sp³-hybridized carbons (Fsp3) is 0.133. The van der Waals surface area contributed by atoms with Crippen LogP contribution in [0.25, 0.3) is 0 Å². The zero-order valence-electron chi connectivity index (χ0n) is 12.2. The summed E-state index contributed by atoms with van der Waals surface area (Å²) in [4.78, 5) is 12.0. The van der Waals surface area contributed by atoms with Crippen molar-refractivity contribution in [2.45, 2.75) is 6.54 Å². The molecule has 0 aliphatic rings. The molecule has 23 heavy (non-hydrogen) atoms. The van der Waals surface area contributed by atoms with Gasteiger partial charge in [-0.05, 0) is 18.2 Å². The maximum atomic E-state index is 13.8. The fourth-order valence-corrected chi connectivity index (χ4v) is 2.31. The van der Waals surface area contributed by atoms with Crippen LogP contribution in [-0.2, 0) is 13.6 Å². The molecular formula is C15H13ClFN5O. The van der Waals surface area contributed by atoms with Crippen LogP contribution in [0.3, 0.4) is 0 Å². The van der Waals surface area contributed by atoms with Crippen LogP contribution in [0.2, 0.25) is 5.02 Å². The Labute approximate surface area is 136 Å². The molecule has 6 nitrogen and oxygen atoms in total. The van der Waals surface area contributed by atoms with Gasteiger partial charge in [0.1, 0.15) is 5.82 Å². The standard InChI is InChI=1S/C15H13ClFN5O/c1-21-6-5-14(20-21)15(23)19-10-7-18-22(8-10)9-11-12(16)3-2-4-13(11)17/h2-8H,9H2,1H3,(H,19,23). The van der Waals surface area contributed by atoms with Crippen LogP contribution in [0.5, 0.6) is 0 Å². The first-order valence-electron chi connectivity index (χ1n) is 6.79. The molecule has 2 aromatic heterocycles. The van der Waals surface area contributed by atoms with E-state index in [2.05, 4.69) is 15.5 Å². The molecule has 0 atom stereocenters. The lowest BCUT2D eigenvalue weighted by atomic mass is 10.2. The van der Waals surface area contributed by atoms with Gasteiger partial charge in [0.15, 0.2) is 5.69 Å². The van der Waals surface area contributed by atoms with Gasteiger partial charge in [-0.3, -0.25) is 14.2 Å². The molecule has 0 saturated heterocycles. The molecule has 3 aromatic rings. The Morgan fingerprint density at radius 2 is 2.22 bits per heavy atom. The quantitative estimate of drug-likeness (QED) is 0.798. The number of nitrogens with one attached hydrogen (secondary N) is 1. The van der Waals surface area contributed by atoms with E-state index in [-0.39, 0.29) is 12.5 Å². The average molecular weight is 334 g/mol. The maximum absolute atomic E-state index is 13.8. The summed E-state index contributed by atoms with van der Waals surface area (Å²) in [6.07, 6.45) is 4.76. The highest BCUT2D eigenvalue weighted by Gasteiger charge is 2.12. The van der Waals surface area contributed by atoms with Crippen LogP contribution in [0.15, 0.2) is 42.9 Å². The van der Waals surface area contributed by atoms with E-state index in [1.165, 1.54) is 16.9 Å². The monoisotopic (exact) mass is 333 g/mol. The molecular weight excluding hydrogens is 321 g/mol. The minimum Gasteiger partial charge on any atom is -0.318 e. The summed E-state index contributed by atoms with van der Waals surface area (Å²) in [5, 5.41) is 11.1. The molecule has 3 rings (SSSR count). The van der Waals surface area contributed by atoms with Gasteiger partial charge in [0.2, 0.25) is 0 Å². The Bertz CT molecular complexity index is 837. The lowest BCUT2D eigenvalue weighted by molar-refractivity contribution is 0.102. The number of anilines is 1. The Balaban J connectivity index is 1.72. The summed E-state index contributed by atoms with van der Waals surface area (Å²) in [5.41, 5.74) is 1.14. The third kappa shape index (κ3) is 3.40. The fourth-order valence-electron chi connectivity index (χ4n) is 2.09. The second-order valence-corrected chi connectivity index (χ2v) is 5.36. The number of amides is 1. The summed E-state index contributed by atoms with van der Waals surface area (Å²) in [6.45, 7) is 0.172. The molecule has 0 aliphatic heterocycles. The van der Waals surface area contributed by atoms with Crippen molar-refractivity contribution in [3.63, 3.8) is 0 Å². The van der Waals surface area contributed by atoms with Crippen molar-refractivity contribution < 1.29 is 9.18 Å². The van der Waals surface area contributed by atoms with Crippen LogP contribution < -0.4 is 5.32 Å². The third-order valence-electron chi connectivity index (χ3n) is 3.22. The van der Waals surface area contributed by atoms with Crippen LogP contribution in [-0.4, -0.2) is 25.5 Å². The molecule has 1 N–H and O–H groups in total. The highest BCUT2D eigenvalue weighted by molar-refractivity contribution is 6.31. The van der Waals surface area contributed by atoms with Gasteiger partial charge >= 0.3 is 0 Å². The smallest absolute Gasteiger partial charge is 0.276 e. The Morgan fingerprint density at radius 1 is 1.39 bits per heavy atom. The second kappa shape index (κ2) is 6.21. The van der Waals surface area contributed by atoms with Gasteiger partial charge in [-0.2, -0.15) is 10.2 Å². The first-order valence-corrected chi connectivity index (χ1v) is 7.17. The molecule has 0 spiro atoms. The summed E-state index contributed by atoms with van der Waals surface area (Å²) in [7, 11) is 1.73. The van der Waals surface area contributed by atoms with E-state index in [1.807, 2.05) is 0 Å². The predicted octanol–water partition coefficient (Wildman–Crippen LogP) is 2.71. The van der Waals surface area contributed by atoms with Crippen molar-refractivity contribution in [3.05, 3.63) is 65.0 Å². The lowest BCUT2D eigenvalue weighted by Gasteiger charge is -2.05. The number of aryl methyl sites for hydroxylation is 1. The summed E-state index contributed by atoms with van der Waals surface area (Å²) in [6, 6.07) is 6.11. The molecule has 0 unspecified atom stereocenters. The van der Waals surface area contributed by atoms with Gasteiger partial charge in [-0.25, -0.2) is 4.39 Å². The van der Waals surface area contributed by atoms with Gasteiger partial charge < -0.3 is 5.32 Å². The molecule has 1 aromatic carbocycles. The van der Waals surface area contributed by atoms with Crippen LogP contribution in [0.1, 0.15) is 16.1 Å². The van der Waals surface area contributed by atoms with Crippen molar-refractivity contribution in [1.29, 1.82) is 0 Å². The summed E-state index contributed by atoms with van der Waals surface area (Å²) in [5.74, 6) is -0.735. The first-order chi connectivity index (χ1) is 11.0. The van der Waals surface area contributed by atoms with Gasteiger partial charge in [0, 0.05) is 30.0 Å². The SMILES string of the molecule is Cn1ccc(C(=O)Nc2cnn(Cc3c(F)cccc3Cl)c2)n1. The molecule has 0 bridgehead atoms. The van der Waals surface area contributed by atoms with Crippen molar-refractivity contribution in [1.82, 2.24) is 19.6 Å². The minimum absolute atomic E-state index is 0.172. The number of aromatic nitrogens is 4. The molecule has 1 amide bonds. The van der Waals surface area contributed by atoms with Crippen molar-refractivity contribution >= 4 is 23.2 Å². The topological polar surface area (TPSA) is 64.7 Å². The zero-order valence-corrected chi connectivity index (χ0v) is 13.0. The van der Waals surface area contributed by atoms with E-state index in [9.17, 15) is 9.18 Å². The van der Waals surface area contributed by atoms with E-state index in [1.54, 1.807) is 42.3 Å². The first kappa shape index (κ1) is 15.2. The molecule has 0 saturated carbocycles. The van der Waals surface area contributed by atoms with E-state index in [0.717, 1.165) is 0 Å². The average Bonchev–Trinajstić information content (AvgIpc) is 3.12. The zero-order chi connectivity index (χ0) is 16.4. The van der Waals surface area contributed by atoms with Gasteiger partial charge in [0.05, 0.1) is 18.4 Å². The van der Waals surface area contributed by atoms with E-state index in [4.69, 9.17) is 11.6 Å². The number of hydrogen-bond donors (Lipinski definition) is 1. The van der Waals surface area contributed by atoms with E-state index in [0.29, 0.717) is 22.0 Å². The normalized spacial score (nSPS) is 10.7. The van der Waals surface area contributed by atoms with Crippen molar-refractivity contribution in [3.8, 4) is 0 Å². The molecule has 8 heteroatoms. The van der Waals surface area contributed by atoms with Crippen LogP contribution >= 0.6 is 11.6 Å². The Kier molecular flexibility index (Phi) is 4.12. The predicted molar refractivity (Wildman–Crippen MR) is 83.9 cm³/mol. The highest BCUT2D eigenvalue weighted by atomic mass is 35.5. The molecule has 0 fully saturated rings. The Hall–Kier alpha value is -2.67. The molecule has 0 aliphatic carbocycles. The minimum atomic E-state index is -0.396. The van der Waals surface area contributed by atoms with Crippen LogP contribution in [0.4, 0.5) is 10.1 Å². The largest absolute Gasteiger partial charge is 0.318 e. The van der Waals surface area contributed by atoms with E-state index >= 15 is 0 Å². The molecule has 0 radical (unpaired) electrons. The number of hydrogen-bond acceptors (Lipinski definition) is 3. The highest BCUT2D eigenvalue weighted by Crippen LogP contribution is 2.20. The second-order valence-electron chi connectivity index (χ2n) is 4.96. The van der Waals surface area contributed by atoms with Crippen molar-refractivity contribution in [2.24, 2.45) is 7.05 Å². The maximum Gasteiger partial charge on any atom is 0.276 e.